The second-order valence-corrected chi connectivity index (χ2v) is 4.05. The van der Waals surface area contributed by atoms with E-state index in [1.807, 2.05) is 0 Å². The van der Waals surface area contributed by atoms with Crippen LogP contribution >= 0.6 is 11.3 Å². The lowest BCUT2D eigenvalue weighted by atomic mass is 10.3. The van der Waals surface area contributed by atoms with Crippen LogP contribution in [0.5, 0.6) is 0 Å². The van der Waals surface area contributed by atoms with Crippen LogP contribution in [-0.4, -0.2) is 21.7 Å². The van der Waals surface area contributed by atoms with Crippen molar-refractivity contribution >= 4 is 17.2 Å². The third-order valence-electron chi connectivity index (χ3n) is 1.90. The third-order valence-corrected chi connectivity index (χ3v) is 2.99. The van der Waals surface area contributed by atoms with Gasteiger partial charge in [0.2, 0.25) is 0 Å². The molecular formula is C11H9FN2OS. The molecule has 1 N–H and O–H groups in total. The van der Waals surface area contributed by atoms with Crippen LogP contribution in [0, 0.1) is 0 Å². The first-order valence-corrected chi connectivity index (χ1v) is 5.47. The van der Waals surface area contributed by atoms with Gasteiger partial charge in [-0.2, -0.15) is 0 Å². The quantitative estimate of drug-likeness (QED) is 0.890. The van der Waals surface area contributed by atoms with Crippen LogP contribution in [0.2, 0.25) is 0 Å². The van der Waals surface area contributed by atoms with E-state index in [9.17, 15) is 4.39 Å². The monoisotopic (exact) mass is 236 g/mol. The van der Waals surface area contributed by atoms with Crippen molar-refractivity contribution in [2.45, 2.75) is 0 Å². The summed E-state index contributed by atoms with van der Waals surface area (Å²) in [5, 5.41) is 8.59. The zero-order valence-electron chi connectivity index (χ0n) is 8.30. The van der Waals surface area contributed by atoms with Crippen molar-refractivity contribution in [1.82, 2.24) is 9.97 Å². The highest BCUT2D eigenvalue weighted by atomic mass is 32.1. The summed E-state index contributed by atoms with van der Waals surface area (Å²) in [6.45, 7) is -0.305. The van der Waals surface area contributed by atoms with Crippen LogP contribution in [0.4, 0.5) is 4.39 Å². The molecule has 0 aliphatic rings. The van der Waals surface area contributed by atoms with Gasteiger partial charge in [-0.15, -0.1) is 11.3 Å². The number of aromatic nitrogens is 2. The van der Waals surface area contributed by atoms with Gasteiger partial charge in [-0.25, -0.2) is 14.4 Å². The Kier molecular flexibility index (Phi) is 3.38. The maximum atomic E-state index is 13.3. The number of hydrogen-bond acceptors (Lipinski definition) is 4. The summed E-state index contributed by atoms with van der Waals surface area (Å²) in [5.41, 5.74) is 0. The van der Waals surface area contributed by atoms with E-state index >= 15 is 0 Å². The molecule has 2 heterocycles. The molecule has 0 saturated carbocycles. The normalized spacial score (nSPS) is 11.8. The molecule has 3 nitrogen and oxygen atoms in total. The van der Waals surface area contributed by atoms with E-state index in [-0.39, 0.29) is 6.61 Å². The van der Waals surface area contributed by atoms with Gasteiger partial charge in [0.25, 0.3) is 0 Å². The Balaban J connectivity index is 2.30. The lowest BCUT2D eigenvalue weighted by Crippen LogP contribution is -1.82. The highest BCUT2D eigenvalue weighted by Crippen LogP contribution is 2.30. The van der Waals surface area contributed by atoms with Gasteiger partial charge in [0.05, 0.1) is 16.4 Å². The van der Waals surface area contributed by atoms with E-state index in [2.05, 4.69) is 9.97 Å². The third kappa shape index (κ3) is 2.32. The number of aliphatic hydroxyl groups is 1. The highest BCUT2D eigenvalue weighted by molar-refractivity contribution is 7.16. The number of aliphatic hydroxyl groups excluding tert-OH is 1. The average Bonchev–Trinajstić information content (AvgIpc) is 2.80. The van der Waals surface area contributed by atoms with Crippen LogP contribution in [0.3, 0.4) is 0 Å². The Morgan fingerprint density at radius 1 is 1.38 bits per heavy atom. The Morgan fingerprint density at radius 2 is 2.12 bits per heavy atom. The fourth-order valence-electron chi connectivity index (χ4n) is 1.19. The van der Waals surface area contributed by atoms with Gasteiger partial charge in [0, 0.05) is 12.4 Å². The van der Waals surface area contributed by atoms with Gasteiger partial charge in [-0.3, -0.25) is 0 Å². The fourth-order valence-corrected chi connectivity index (χ4v) is 2.08. The van der Waals surface area contributed by atoms with Crippen LogP contribution in [0.25, 0.3) is 16.5 Å². The molecule has 0 unspecified atom stereocenters. The molecule has 0 radical (unpaired) electrons. The zero-order valence-corrected chi connectivity index (χ0v) is 9.12. The largest absolute Gasteiger partial charge is 0.392 e. The van der Waals surface area contributed by atoms with Crippen molar-refractivity contribution in [3.05, 3.63) is 41.5 Å². The maximum absolute atomic E-state index is 13.3. The van der Waals surface area contributed by atoms with Crippen LogP contribution in [0.1, 0.15) is 4.88 Å². The topological polar surface area (TPSA) is 46.0 Å². The summed E-state index contributed by atoms with van der Waals surface area (Å²) >= 11 is 1.25. The average molecular weight is 236 g/mol. The standard InChI is InChI=1S/C11H9FN2OS/c12-8(4-7-15)9-2-3-10(16-9)11-13-5-1-6-14-11/h1-6,15H,7H2/b8-4+. The molecule has 0 aromatic carbocycles. The van der Waals surface area contributed by atoms with Gasteiger partial charge in [0.1, 0.15) is 5.83 Å². The Morgan fingerprint density at radius 3 is 2.81 bits per heavy atom. The molecule has 0 bridgehead atoms. The van der Waals surface area contributed by atoms with Crippen LogP contribution < -0.4 is 0 Å². The summed E-state index contributed by atoms with van der Waals surface area (Å²) in [6, 6.07) is 5.14. The van der Waals surface area contributed by atoms with E-state index in [0.717, 1.165) is 11.0 Å². The molecular weight excluding hydrogens is 227 g/mol. The second-order valence-electron chi connectivity index (χ2n) is 2.97. The number of halogens is 1. The molecule has 0 saturated heterocycles. The van der Waals surface area contributed by atoms with Gasteiger partial charge in [-0.1, -0.05) is 0 Å². The molecule has 5 heteroatoms. The van der Waals surface area contributed by atoms with Crippen molar-refractivity contribution in [2.75, 3.05) is 6.61 Å². The first-order valence-electron chi connectivity index (χ1n) is 4.65. The SMILES string of the molecule is OC/C=C(/F)c1ccc(-c2ncccn2)s1. The molecule has 0 aliphatic heterocycles. The fraction of sp³-hybridized carbons (Fsp3) is 0.0909. The molecule has 0 aliphatic carbocycles. The first-order chi connectivity index (χ1) is 7.81. The Bertz CT molecular complexity index is 496. The van der Waals surface area contributed by atoms with E-state index in [0.29, 0.717) is 10.7 Å². The first kappa shape index (κ1) is 10.9. The lowest BCUT2D eigenvalue weighted by molar-refractivity contribution is 0.342. The van der Waals surface area contributed by atoms with Crippen LogP contribution in [-0.2, 0) is 0 Å². The maximum Gasteiger partial charge on any atom is 0.169 e. The predicted octanol–water partition coefficient (Wildman–Crippen LogP) is 2.51. The molecule has 0 fully saturated rings. The Hall–Kier alpha value is -1.59. The minimum atomic E-state index is -0.422. The van der Waals surface area contributed by atoms with Crippen LogP contribution in [0.15, 0.2) is 36.7 Å². The molecule has 0 amide bonds. The van der Waals surface area contributed by atoms with Crippen molar-refractivity contribution in [1.29, 1.82) is 0 Å². The van der Waals surface area contributed by atoms with Gasteiger partial charge < -0.3 is 5.11 Å². The Labute approximate surface area is 95.9 Å². The molecule has 0 spiro atoms. The molecule has 16 heavy (non-hydrogen) atoms. The smallest absolute Gasteiger partial charge is 0.169 e. The van der Waals surface area contributed by atoms with E-state index < -0.39 is 5.83 Å². The number of rotatable bonds is 3. The summed E-state index contributed by atoms with van der Waals surface area (Å²) in [5.74, 6) is 0.158. The highest BCUT2D eigenvalue weighted by Gasteiger charge is 2.07. The predicted molar refractivity (Wildman–Crippen MR) is 61.5 cm³/mol. The van der Waals surface area contributed by atoms with Crippen molar-refractivity contribution in [3.8, 4) is 10.7 Å². The van der Waals surface area contributed by atoms with Gasteiger partial charge >= 0.3 is 0 Å². The minimum absolute atomic E-state index is 0.305. The summed E-state index contributed by atoms with van der Waals surface area (Å²) < 4.78 is 13.3. The number of hydrogen-bond donors (Lipinski definition) is 1. The zero-order chi connectivity index (χ0) is 11.4. The second kappa shape index (κ2) is 4.96. The van der Waals surface area contributed by atoms with E-state index in [1.54, 1.807) is 30.6 Å². The summed E-state index contributed by atoms with van der Waals surface area (Å²) in [7, 11) is 0. The number of nitrogens with zero attached hydrogens (tertiary/aromatic N) is 2. The molecule has 0 atom stereocenters. The van der Waals surface area contributed by atoms with E-state index in [1.165, 1.54) is 11.3 Å². The van der Waals surface area contributed by atoms with E-state index in [4.69, 9.17) is 5.11 Å². The summed E-state index contributed by atoms with van der Waals surface area (Å²) in [6.07, 6.45) is 4.41. The molecule has 2 aromatic heterocycles. The van der Waals surface area contributed by atoms with Gasteiger partial charge in [-0.05, 0) is 24.3 Å². The minimum Gasteiger partial charge on any atom is -0.392 e. The van der Waals surface area contributed by atoms with Gasteiger partial charge in [0.15, 0.2) is 5.82 Å². The van der Waals surface area contributed by atoms with Crippen molar-refractivity contribution < 1.29 is 9.50 Å². The van der Waals surface area contributed by atoms with Crippen molar-refractivity contribution in [2.24, 2.45) is 0 Å². The lowest BCUT2D eigenvalue weighted by Gasteiger charge is -1.93. The molecule has 2 rings (SSSR count). The number of thiophene rings is 1. The molecule has 82 valence electrons. The van der Waals surface area contributed by atoms with Crippen molar-refractivity contribution in [3.63, 3.8) is 0 Å². The summed E-state index contributed by atoms with van der Waals surface area (Å²) in [4.78, 5) is 9.42. The molecule has 2 aromatic rings.